The Morgan fingerprint density at radius 3 is 3.00 bits per heavy atom. The molecule has 2 heterocycles. The van der Waals surface area contributed by atoms with Gasteiger partial charge in [0, 0.05) is 23.1 Å². The van der Waals surface area contributed by atoms with Crippen molar-refractivity contribution in [3.05, 3.63) is 70.7 Å². The number of fused-ring (bicyclic) bond motifs is 1. The van der Waals surface area contributed by atoms with Crippen molar-refractivity contribution in [1.82, 2.24) is 9.97 Å². The van der Waals surface area contributed by atoms with Crippen LogP contribution in [-0.2, 0) is 6.42 Å². The van der Waals surface area contributed by atoms with E-state index in [0.29, 0.717) is 22.6 Å². The van der Waals surface area contributed by atoms with Crippen LogP contribution in [0, 0.1) is 23.7 Å². The van der Waals surface area contributed by atoms with Crippen molar-refractivity contribution in [2.24, 2.45) is 0 Å². The highest BCUT2D eigenvalue weighted by Gasteiger charge is 2.26. The first kappa shape index (κ1) is 16.8. The number of nitrogens with one attached hydrogen (secondary N) is 2. The molecule has 0 amide bonds. The Morgan fingerprint density at radius 1 is 1.41 bits per heavy atom. The molecule has 4 N–H and O–H groups in total. The Kier molecular flexibility index (Phi) is 4.09. The molecule has 0 aliphatic heterocycles. The maximum Gasteiger partial charge on any atom is 0.181 e. The zero-order valence-corrected chi connectivity index (χ0v) is 14.8. The Hall–Kier alpha value is -3.66. The molecule has 7 nitrogen and oxygen atoms in total. The quantitative estimate of drug-likeness (QED) is 0.485. The van der Waals surface area contributed by atoms with Gasteiger partial charge in [0.15, 0.2) is 12.2 Å². The fraction of sp³-hybridized carbons (Fsp3) is 0.200. The summed E-state index contributed by atoms with van der Waals surface area (Å²) in [6.07, 6.45) is 6.21. The summed E-state index contributed by atoms with van der Waals surface area (Å²) in [6, 6.07) is 7.76. The van der Waals surface area contributed by atoms with Crippen LogP contribution < -0.4 is 11.1 Å². The average molecular weight is 358 g/mol. The molecule has 1 atom stereocenters. The van der Waals surface area contributed by atoms with Gasteiger partial charge in [0.1, 0.15) is 11.8 Å². The lowest BCUT2D eigenvalue weighted by Crippen LogP contribution is -2.11. The molecule has 0 bridgehead atoms. The highest BCUT2D eigenvalue weighted by Crippen LogP contribution is 2.35. The molecular weight excluding hydrogens is 340 g/mol. The molecule has 7 heteroatoms. The molecule has 2 aromatic heterocycles. The van der Waals surface area contributed by atoms with Gasteiger partial charge in [-0.25, -0.2) is 4.98 Å². The van der Waals surface area contributed by atoms with Crippen molar-refractivity contribution in [1.29, 1.82) is 10.7 Å². The summed E-state index contributed by atoms with van der Waals surface area (Å²) < 4.78 is 5.21. The van der Waals surface area contributed by atoms with Crippen molar-refractivity contribution in [3.8, 4) is 6.07 Å². The first-order chi connectivity index (χ1) is 13.1. The number of anilines is 2. The Bertz CT molecular complexity index is 1060. The number of hydrogen-bond acceptors (Lipinski definition) is 7. The summed E-state index contributed by atoms with van der Waals surface area (Å²) in [7, 11) is 0. The van der Waals surface area contributed by atoms with Gasteiger partial charge in [-0.2, -0.15) is 5.26 Å². The largest absolute Gasteiger partial charge is 0.442 e. The molecular formula is C20H18N6O. The molecule has 134 valence electrons. The number of rotatable bonds is 4. The smallest absolute Gasteiger partial charge is 0.181 e. The zero-order valence-electron chi connectivity index (χ0n) is 14.8. The Balaban J connectivity index is 1.62. The summed E-state index contributed by atoms with van der Waals surface area (Å²) in [5.74, 6) is 0.367. The van der Waals surface area contributed by atoms with Crippen LogP contribution in [0.4, 0.5) is 11.4 Å². The Morgan fingerprint density at radius 2 is 2.26 bits per heavy atom. The number of benzene rings is 1. The molecule has 27 heavy (non-hydrogen) atoms. The monoisotopic (exact) mass is 358 g/mol. The van der Waals surface area contributed by atoms with Gasteiger partial charge in [-0.05, 0) is 49.1 Å². The third-order valence-corrected chi connectivity index (χ3v) is 4.97. The first-order valence-electron chi connectivity index (χ1n) is 8.60. The molecule has 4 rings (SSSR count). The minimum atomic E-state index is 0.0578. The third-order valence-electron chi connectivity index (χ3n) is 4.97. The molecule has 0 spiro atoms. The van der Waals surface area contributed by atoms with Gasteiger partial charge in [0.05, 0.1) is 23.5 Å². The SMILES string of the molecule is Cc1c(C#N)cnc2c1CCC2Nc1ccc(N)c(C(=N)c2cnco2)c1. The van der Waals surface area contributed by atoms with Crippen molar-refractivity contribution >= 4 is 17.1 Å². The second-order valence-corrected chi connectivity index (χ2v) is 6.55. The fourth-order valence-corrected chi connectivity index (χ4v) is 3.49. The van der Waals surface area contributed by atoms with E-state index in [1.807, 2.05) is 19.1 Å². The molecule has 1 aromatic carbocycles. The lowest BCUT2D eigenvalue weighted by atomic mass is 10.0. The van der Waals surface area contributed by atoms with E-state index in [1.54, 1.807) is 12.3 Å². The van der Waals surface area contributed by atoms with Crippen LogP contribution in [0.2, 0.25) is 0 Å². The number of aromatic nitrogens is 2. The van der Waals surface area contributed by atoms with Gasteiger partial charge in [-0.1, -0.05) is 0 Å². The summed E-state index contributed by atoms with van der Waals surface area (Å²) in [6.45, 7) is 1.97. The van der Waals surface area contributed by atoms with Gasteiger partial charge in [-0.3, -0.25) is 10.4 Å². The van der Waals surface area contributed by atoms with Gasteiger partial charge in [0.2, 0.25) is 0 Å². The van der Waals surface area contributed by atoms with Crippen molar-refractivity contribution in [3.63, 3.8) is 0 Å². The van der Waals surface area contributed by atoms with E-state index in [1.165, 1.54) is 12.6 Å². The number of nitrogens with two attached hydrogens (primary N) is 1. The molecule has 1 unspecified atom stereocenters. The van der Waals surface area contributed by atoms with Crippen LogP contribution in [0.15, 0.2) is 41.4 Å². The first-order valence-corrected chi connectivity index (χ1v) is 8.60. The maximum absolute atomic E-state index is 9.19. The summed E-state index contributed by atoms with van der Waals surface area (Å²) in [5, 5.41) is 21.0. The van der Waals surface area contributed by atoms with E-state index >= 15 is 0 Å². The highest BCUT2D eigenvalue weighted by atomic mass is 16.3. The highest BCUT2D eigenvalue weighted by molar-refractivity contribution is 6.12. The molecule has 0 saturated carbocycles. The molecule has 0 fully saturated rings. The minimum absolute atomic E-state index is 0.0578. The van der Waals surface area contributed by atoms with E-state index in [4.69, 9.17) is 15.6 Å². The Labute approximate surface area is 156 Å². The molecule has 1 aliphatic carbocycles. The van der Waals surface area contributed by atoms with Crippen LogP contribution in [0.3, 0.4) is 0 Å². The van der Waals surface area contributed by atoms with Gasteiger partial charge in [0.25, 0.3) is 0 Å². The van der Waals surface area contributed by atoms with E-state index in [2.05, 4.69) is 21.4 Å². The fourth-order valence-electron chi connectivity index (χ4n) is 3.49. The normalized spacial score (nSPS) is 15.2. The lowest BCUT2D eigenvalue weighted by Gasteiger charge is -2.17. The predicted molar refractivity (Wildman–Crippen MR) is 102 cm³/mol. The third kappa shape index (κ3) is 2.91. The molecule has 0 radical (unpaired) electrons. The number of oxazole rings is 1. The topological polar surface area (TPSA) is 125 Å². The van der Waals surface area contributed by atoms with Crippen LogP contribution in [0.5, 0.6) is 0 Å². The average Bonchev–Trinajstić information content (AvgIpc) is 3.34. The second kappa shape index (κ2) is 6.57. The van der Waals surface area contributed by atoms with Gasteiger partial charge >= 0.3 is 0 Å². The predicted octanol–water partition coefficient (Wildman–Crippen LogP) is 3.35. The number of nitriles is 1. The van der Waals surface area contributed by atoms with Crippen molar-refractivity contribution in [2.45, 2.75) is 25.8 Å². The van der Waals surface area contributed by atoms with E-state index < -0.39 is 0 Å². The molecule has 0 saturated heterocycles. The van der Waals surface area contributed by atoms with E-state index in [9.17, 15) is 5.26 Å². The van der Waals surface area contributed by atoms with Crippen LogP contribution >= 0.6 is 0 Å². The molecule has 3 aromatic rings. The minimum Gasteiger partial charge on any atom is -0.442 e. The number of pyridine rings is 1. The van der Waals surface area contributed by atoms with Crippen molar-refractivity contribution < 1.29 is 4.42 Å². The number of nitrogens with zero attached hydrogens (tertiary/aromatic N) is 3. The van der Waals surface area contributed by atoms with E-state index in [0.717, 1.165) is 35.3 Å². The van der Waals surface area contributed by atoms with Gasteiger partial charge < -0.3 is 15.5 Å². The molecule has 1 aliphatic rings. The number of hydrogen-bond donors (Lipinski definition) is 3. The van der Waals surface area contributed by atoms with E-state index in [-0.39, 0.29) is 11.8 Å². The zero-order chi connectivity index (χ0) is 19.0. The maximum atomic E-state index is 9.19. The standard InChI is InChI=1S/C20H18N6O/c1-11-12(7-21)8-25-20-14(11)3-5-17(20)26-13-2-4-16(22)15(6-13)19(23)18-9-24-10-27-18/h2,4,6,8-10,17,23,26H,3,5,22H2,1H3. The summed E-state index contributed by atoms with van der Waals surface area (Å²) >= 11 is 0. The summed E-state index contributed by atoms with van der Waals surface area (Å²) in [4.78, 5) is 8.37. The summed E-state index contributed by atoms with van der Waals surface area (Å²) in [5.41, 5.74) is 12.0. The lowest BCUT2D eigenvalue weighted by molar-refractivity contribution is 0.548. The second-order valence-electron chi connectivity index (χ2n) is 6.55. The number of nitrogen functional groups attached to an aromatic ring is 1. The van der Waals surface area contributed by atoms with Crippen molar-refractivity contribution in [2.75, 3.05) is 11.1 Å². The van der Waals surface area contributed by atoms with Crippen LogP contribution in [0.25, 0.3) is 0 Å². The van der Waals surface area contributed by atoms with Crippen LogP contribution in [0.1, 0.15) is 46.2 Å². The van der Waals surface area contributed by atoms with Gasteiger partial charge in [-0.15, -0.1) is 0 Å². The van der Waals surface area contributed by atoms with Crippen LogP contribution in [-0.4, -0.2) is 15.7 Å².